The van der Waals surface area contributed by atoms with E-state index in [9.17, 15) is 0 Å². The Morgan fingerprint density at radius 1 is 1.25 bits per heavy atom. The first-order valence-electron chi connectivity index (χ1n) is 7.73. The van der Waals surface area contributed by atoms with Gasteiger partial charge < -0.3 is 10.1 Å². The topological polar surface area (TPSA) is 21.3 Å². The Balaban J connectivity index is 2.12. The quantitative estimate of drug-likeness (QED) is 0.798. The molecule has 2 rings (SSSR count). The summed E-state index contributed by atoms with van der Waals surface area (Å²) in [4.78, 5) is 0. The highest BCUT2D eigenvalue weighted by atomic mass is 79.9. The Morgan fingerprint density at radius 2 is 1.90 bits per heavy atom. The average molecular weight is 340 g/mol. The molecule has 1 N–H and O–H groups in total. The smallest absolute Gasteiger partial charge is 0.0834 e. The summed E-state index contributed by atoms with van der Waals surface area (Å²) in [5, 5.41) is 3.73. The number of methoxy groups -OCH3 is 1. The molecule has 20 heavy (non-hydrogen) atoms. The minimum atomic E-state index is 0.0300. The molecule has 1 aromatic carbocycles. The van der Waals surface area contributed by atoms with Crippen LogP contribution in [0.3, 0.4) is 0 Å². The number of halogens is 1. The molecule has 0 spiro atoms. The van der Waals surface area contributed by atoms with Gasteiger partial charge in [-0.05, 0) is 49.9 Å². The fourth-order valence-corrected chi connectivity index (χ4v) is 3.55. The molecule has 0 aromatic heterocycles. The van der Waals surface area contributed by atoms with E-state index < -0.39 is 0 Å². The summed E-state index contributed by atoms with van der Waals surface area (Å²) in [5.41, 5.74) is 1.41. The molecule has 112 valence electrons. The van der Waals surface area contributed by atoms with Crippen molar-refractivity contribution in [2.45, 2.75) is 57.1 Å². The van der Waals surface area contributed by atoms with E-state index in [-0.39, 0.29) is 5.60 Å². The highest BCUT2D eigenvalue weighted by Gasteiger charge is 2.41. The number of benzene rings is 1. The highest BCUT2D eigenvalue weighted by Crippen LogP contribution is 2.37. The molecule has 2 nitrogen and oxygen atoms in total. The average Bonchev–Trinajstić information content (AvgIpc) is 2.95. The van der Waals surface area contributed by atoms with Crippen LogP contribution in [0.2, 0.25) is 0 Å². The van der Waals surface area contributed by atoms with Gasteiger partial charge in [0.2, 0.25) is 0 Å². The van der Waals surface area contributed by atoms with E-state index in [1.54, 1.807) is 0 Å². The first-order valence-corrected chi connectivity index (χ1v) is 8.52. The Kier molecular flexibility index (Phi) is 6.06. The van der Waals surface area contributed by atoms with Crippen LogP contribution in [0.25, 0.3) is 0 Å². The number of ether oxygens (including phenoxy) is 1. The molecule has 0 amide bonds. The van der Waals surface area contributed by atoms with E-state index in [1.807, 2.05) is 7.11 Å². The number of hydrogen-bond acceptors (Lipinski definition) is 2. The molecular formula is C17H26BrNO. The Bertz CT molecular complexity index is 398. The molecule has 0 heterocycles. The predicted octanol–water partition coefficient (Wildman–Crippen LogP) is 4.32. The number of rotatable bonds is 7. The maximum absolute atomic E-state index is 5.98. The standard InChI is InChI=1S/C17H26BrNO/c1-3-12-19-16(17(20-2)10-4-5-11-17)13-14-6-8-15(18)9-7-14/h6-9,16,19H,3-5,10-13H2,1-2H3. The number of nitrogens with one attached hydrogen (secondary N) is 1. The summed E-state index contributed by atoms with van der Waals surface area (Å²) in [6.45, 7) is 3.28. The molecule has 1 saturated carbocycles. The lowest BCUT2D eigenvalue weighted by molar-refractivity contribution is -0.0354. The molecule has 1 aromatic rings. The van der Waals surface area contributed by atoms with Crippen LogP contribution >= 0.6 is 15.9 Å². The van der Waals surface area contributed by atoms with Crippen molar-refractivity contribution < 1.29 is 4.74 Å². The van der Waals surface area contributed by atoms with E-state index in [0.29, 0.717) is 6.04 Å². The van der Waals surface area contributed by atoms with Gasteiger partial charge in [-0.2, -0.15) is 0 Å². The maximum atomic E-state index is 5.98. The molecule has 1 aliphatic rings. The summed E-state index contributed by atoms with van der Waals surface area (Å²) in [5.74, 6) is 0. The Labute approximate surface area is 131 Å². The van der Waals surface area contributed by atoms with Crippen molar-refractivity contribution >= 4 is 15.9 Å². The van der Waals surface area contributed by atoms with Crippen LogP contribution in [0.15, 0.2) is 28.7 Å². The largest absolute Gasteiger partial charge is 0.377 e. The van der Waals surface area contributed by atoms with Gasteiger partial charge >= 0.3 is 0 Å². The minimum Gasteiger partial charge on any atom is -0.377 e. The first kappa shape index (κ1) is 16.0. The van der Waals surface area contributed by atoms with Crippen molar-refractivity contribution in [3.63, 3.8) is 0 Å². The van der Waals surface area contributed by atoms with Gasteiger partial charge in [-0.1, -0.05) is 47.8 Å². The van der Waals surface area contributed by atoms with E-state index in [0.717, 1.165) is 23.9 Å². The van der Waals surface area contributed by atoms with Gasteiger partial charge in [-0.3, -0.25) is 0 Å². The van der Waals surface area contributed by atoms with E-state index in [4.69, 9.17) is 4.74 Å². The van der Waals surface area contributed by atoms with Crippen molar-refractivity contribution in [3.05, 3.63) is 34.3 Å². The zero-order valence-electron chi connectivity index (χ0n) is 12.6. The Hall–Kier alpha value is -0.380. The van der Waals surface area contributed by atoms with Crippen molar-refractivity contribution in [3.8, 4) is 0 Å². The highest BCUT2D eigenvalue weighted by molar-refractivity contribution is 9.10. The molecule has 0 saturated heterocycles. The van der Waals surface area contributed by atoms with Crippen LogP contribution in [0.1, 0.15) is 44.6 Å². The van der Waals surface area contributed by atoms with E-state index >= 15 is 0 Å². The van der Waals surface area contributed by atoms with Crippen LogP contribution in [-0.4, -0.2) is 25.3 Å². The molecule has 1 atom stereocenters. The first-order chi connectivity index (χ1) is 9.70. The van der Waals surface area contributed by atoms with Crippen LogP contribution in [-0.2, 0) is 11.2 Å². The summed E-state index contributed by atoms with van der Waals surface area (Å²) in [6, 6.07) is 9.09. The fraction of sp³-hybridized carbons (Fsp3) is 0.647. The summed E-state index contributed by atoms with van der Waals surface area (Å²) in [6.07, 6.45) is 7.15. The molecule has 3 heteroatoms. The summed E-state index contributed by atoms with van der Waals surface area (Å²) >= 11 is 3.50. The maximum Gasteiger partial charge on any atom is 0.0834 e. The van der Waals surface area contributed by atoms with E-state index in [1.165, 1.54) is 31.2 Å². The molecule has 1 unspecified atom stereocenters. The predicted molar refractivity (Wildman–Crippen MR) is 88.1 cm³/mol. The lowest BCUT2D eigenvalue weighted by atomic mass is 9.87. The molecule has 0 aliphatic heterocycles. The lowest BCUT2D eigenvalue weighted by Crippen LogP contribution is -2.52. The monoisotopic (exact) mass is 339 g/mol. The zero-order valence-corrected chi connectivity index (χ0v) is 14.2. The Morgan fingerprint density at radius 3 is 2.45 bits per heavy atom. The van der Waals surface area contributed by atoms with Crippen molar-refractivity contribution in [1.82, 2.24) is 5.32 Å². The molecule has 1 aliphatic carbocycles. The van der Waals surface area contributed by atoms with Gasteiger partial charge in [0.25, 0.3) is 0 Å². The molecule has 0 bridgehead atoms. The van der Waals surface area contributed by atoms with Crippen molar-refractivity contribution in [1.29, 1.82) is 0 Å². The van der Waals surface area contributed by atoms with Crippen LogP contribution in [0.4, 0.5) is 0 Å². The van der Waals surface area contributed by atoms with Crippen LogP contribution in [0.5, 0.6) is 0 Å². The normalized spacial score (nSPS) is 19.1. The SMILES string of the molecule is CCCNC(Cc1ccc(Br)cc1)C1(OC)CCCC1. The second-order valence-electron chi connectivity index (χ2n) is 5.81. The fourth-order valence-electron chi connectivity index (χ4n) is 3.29. The zero-order chi connectivity index (χ0) is 14.4. The molecular weight excluding hydrogens is 314 g/mol. The third kappa shape index (κ3) is 3.84. The van der Waals surface area contributed by atoms with Crippen molar-refractivity contribution in [2.75, 3.05) is 13.7 Å². The second-order valence-corrected chi connectivity index (χ2v) is 6.73. The van der Waals surface area contributed by atoms with Crippen LogP contribution < -0.4 is 5.32 Å². The van der Waals surface area contributed by atoms with E-state index in [2.05, 4.69) is 52.4 Å². The van der Waals surface area contributed by atoms with Gasteiger partial charge in [-0.25, -0.2) is 0 Å². The van der Waals surface area contributed by atoms with Gasteiger partial charge in [0.05, 0.1) is 5.60 Å². The van der Waals surface area contributed by atoms with Gasteiger partial charge in [0.15, 0.2) is 0 Å². The molecule has 1 fully saturated rings. The minimum absolute atomic E-state index is 0.0300. The third-order valence-electron chi connectivity index (χ3n) is 4.49. The van der Waals surface area contributed by atoms with Crippen molar-refractivity contribution in [2.24, 2.45) is 0 Å². The lowest BCUT2D eigenvalue weighted by Gasteiger charge is -2.37. The third-order valence-corrected chi connectivity index (χ3v) is 5.01. The van der Waals surface area contributed by atoms with Gasteiger partial charge in [-0.15, -0.1) is 0 Å². The van der Waals surface area contributed by atoms with Gasteiger partial charge in [0, 0.05) is 17.6 Å². The molecule has 0 radical (unpaired) electrons. The summed E-state index contributed by atoms with van der Waals surface area (Å²) < 4.78 is 7.12. The second kappa shape index (κ2) is 7.58. The number of hydrogen-bond donors (Lipinski definition) is 1. The van der Waals surface area contributed by atoms with Gasteiger partial charge in [0.1, 0.15) is 0 Å². The summed E-state index contributed by atoms with van der Waals surface area (Å²) in [7, 11) is 1.88. The van der Waals surface area contributed by atoms with Crippen LogP contribution in [0, 0.1) is 0 Å².